The number of aliphatic hydroxyl groups is 1. The Labute approximate surface area is 84.1 Å². The van der Waals surface area contributed by atoms with Crippen LogP contribution in [0.4, 0.5) is 0 Å². The number of terminal acetylenes is 1. The molecule has 1 aliphatic rings. The minimum atomic E-state index is -0.772. The topological polar surface area (TPSA) is 66.6 Å². The molecular formula is C10H16N2O2. The fraction of sp³-hybridized carbons (Fsp3) is 0.700. The molecule has 1 saturated heterocycles. The number of hydrogen-bond acceptors (Lipinski definition) is 3. The third-order valence-corrected chi connectivity index (χ3v) is 2.42. The summed E-state index contributed by atoms with van der Waals surface area (Å²) in [6.07, 6.45) is 5.92. The van der Waals surface area contributed by atoms with Gasteiger partial charge in [0.05, 0.1) is 11.6 Å². The van der Waals surface area contributed by atoms with Gasteiger partial charge in [-0.2, -0.15) is 0 Å². The maximum Gasteiger partial charge on any atom is 0.240 e. The maximum atomic E-state index is 11.6. The van der Waals surface area contributed by atoms with E-state index >= 15 is 0 Å². The van der Waals surface area contributed by atoms with Gasteiger partial charge in [0.2, 0.25) is 5.91 Å². The third kappa shape index (κ3) is 2.47. The van der Waals surface area contributed by atoms with E-state index in [0.29, 0.717) is 19.5 Å². The molecule has 4 heteroatoms. The average molecular weight is 196 g/mol. The van der Waals surface area contributed by atoms with E-state index in [-0.39, 0.29) is 12.3 Å². The normalized spacial score (nSPS) is 28.6. The summed E-state index contributed by atoms with van der Waals surface area (Å²) in [6.45, 7) is 2.63. The number of hydrogen-bond donors (Lipinski definition) is 2. The summed E-state index contributed by atoms with van der Waals surface area (Å²) in [6, 6.07) is -0.631. The Kier molecular flexibility index (Phi) is 3.14. The lowest BCUT2D eigenvalue weighted by atomic mass is 10.1. The molecule has 0 aromatic rings. The minimum Gasteiger partial charge on any atom is -0.388 e. The lowest BCUT2D eigenvalue weighted by Gasteiger charge is -2.21. The van der Waals surface area contributed by atoms with Gasteiger partial charge in [0.25, 0.3) is 0 Å². The van der Waals surface area contributed by atoms with Crippen LogP contribution in [-0.4, -0.2) is 40.6 Å². The van der Waals surface area contributed by atoms with Gasteiger partial charge >= 0.3 is 0 Å². The molecule has 2 unspecified atom stereocenters. The molecule has 0 aliphatic carbocycles. The van der Waals surface area contributed by atoms with Gasteiger partial charge in [0.1, 0.15) is 0 Å². The van der Waals surface area contributed by atoms with E-state index in [1.54, 1.807) is 11.8 Å². The molecular weight excluding hydrogens is 180 g/mol. The van der Waals surface area contributed by atoms with Gasteiger partial charge in [-0.25, -0.2) is 0 Å². The monoisotopic (exact) mass is 196 g/mol. The second-order valence-corrected chi connectivity index (χ2v) is 4.02. The Bertz CT molecular complexity index is 268. The Morgan fingerprint density at radius 3 is 2.93 bits per heavy atom. The standard InChI is InChI=1S/C10H16N2O2/c1-3-4-8(11)9(13)12-6-5-10(2,14)7-12/h1,8,14H,4-7,11H2,2H3. The van der Waals surface area contributed by atoms with Gasteiger partial charge in [-0.05, 0) is 13.3 Å². The SMILES string of the molecule is C#CCC(N)C(=O)N1CCC(C)(O)C1. The Morgan fingerprint density at radius 1 is 1.86 bits per heavy atom. The second kappa shape index (κ2) is 3.99. The molecule has 1 fully saturated rings. The second-order valence-electron chi connectivity index (χ2n) is 4.02. The minimum absolute atomic E-state index is 0.166. The highest BCUT2D eigenvalue weighted by Gasteiger charge is 2.35. The van der Waals surface area contributed by atoms with Crippen molar-refractivity contribution in [2.45, 2.75) is 31.4 Å². The van der Waals surface area contributed by atoms with Crippen molar-refractivity contribution >= 4 is 5.91 Å². The molecule has 1 aliphatic heterocycles. The van der Waals surface area contributed by atoms with Crippen LogP contribution in [0.5, 0.6) is 0 Å². The quantitative estimate of drug-likeness (QED) is 0.575. The van der Waals surface area contributed by atoms with Crippen LogP contribution in [0.15, 0.2) is 0 Å². The van der Waals surface area contributed by atoms with Gasteiger partial charge in [-0.15, -0.1) is 12.3 Å². The first-order valence-corrected chi connectivity index (χ1v) is 4.66. The van der Waals surface area contributed by atoms with Crippen molar-refractivity contribution in [1.29, 1.82) is 0 Å². The molecule has 1 amide bonds. The van der Waals surface area contributed by atoms with Crippen LogP contribution in [0.3, 0.4) is 0 Å². The molecule has 0 spiro atoms. The number of amides is 1. The lowest BCUT2D eigenvalue weighted by Crippen LogP contribution is -2.43. The number of carbonyl (C=O) groups is 1. The van der Waals surface area contributed by atoms with Gasteiger partial charge < -0.3 is 15.7 Å². The van der Waals surface area contributed by atoms with E-state index in [4.69, 9.17) is 12.2 Å². The molecule has 2 atom stereocenters. The molecule has 0 aromatic carbocycles. The molecule has 1 rings (SSSR count). The number of likely N-dealkylation sites (tertiary alicyclic amines) is 1. The van der Waals surface area contributed by atoms with E-state index < -0.39 is 11.6 Å². The zero-order chi connectivity index (χ0) is 10.8. The van der Waals surface area contributed by atoms with Crippen LogP contribution in [0.2, 0.25) is 0 Å². The highest BCUT2D eigenvalue weighted by Crippen LogP contribution is 2.20. The van der Waals surface area contributed by atoms with Crippen LogP contribution >= 0.6 is 0 Å². The summed E-state index contributed by atoms with van der Waals surface area (Å²) in [5.74, 6) is 2.19. The number of rotatable bonds is 2. The Morgan fingerprint density at radius 2 is 2.50 bits per heavy atom. The summed E-state index contributed by atoms with van der Waals surface area (Å²) in [4.78, 5) is 13.2. The summed E-state index contributed by atoms with van der Waals surface area (Å²) < 4.78 is 0. The smallest absolute Gasteiger partial charge is 0.240 e. The highest BCUT2D eigenvalue weighted by atomic mass is 16.3. The number of nitrogens with two attached hydrogens (primary N) is 1. The number of β-amino-alcohol motifs (C(OH)–C–C–N with tert-alkyl or cyclic N) is 1. The van der Waals surface area contributed by atoms with Crippen LogP contribution < -0.4 is 5.73 Å². The first-order valence-electron chi connectivity index (χ1n) is 4.66. The zero-order valence-electron chi connectivity index (χ0n) is 8.36. The van der Waals surface area contributed by atoms with Crippen LogP contribution in [0.25, 0.3) is 0 Å². The Balaban J connectivity index is 2.52. The fourth-order valence-corrected chi connectivity index (χ4v) is 1.58. The van der Waals surface area contributed by atoms with Gasteiger partial charge in [-0.3, -0.25) is 4.79 Å². The highest BCUT2D eigenvalue weighted by molar-refractivity contribution is 5.82. The summed E-state index contributed by atoms with van der Waals surface area (Å²) in [7, 11) is 0. The van der Waals surface area contributed by atoms with Gasteiger partial charge in [0, 0.05) is 19.5 Å². The van der Waals surface area contributed by atoms with E-state index in [0.717, 1.165) is 0 Å². The molecule has 78 valence electrons. The molecule has 0 bridgehead atoms. The zero-order valence-corrected chi connectivity index (χ0v) is 8.36. The largest absolute Gasteiger partial charge is 0.388 e. The van der Waals surface area contributed by atoms with Crippen molar-refractivity contribution in [3.63, 3.8) is 0 Å². The number of carbonyl (C=O) groups excluding carboxylic acids is 1. The number of nitrogens with zero attached hydrogens (tertiary/aromatic N) is 1. The first kappa shape index (κ1) is 11.0. The van der Waals surface area contributed by atoms with Crippen LogP contribution in [0.1, 0.15) is 19.8 Å². The van der Waals surface area contributed by atoms with E-state index in [2.05, 4.69) is 5.92 Å². The lowest BCUT2D eigenvalue weighted by molar-refractivity contribution is -0.132. The summed E-state index contributed by atoms with van der Waals surface area (Å²) in [5, 5.41) is 9.65. The van der Waals surface area contributed by atoms with Gasteiger partial charge in [-0.1, -0.05) is 0 Å². The van der Waals surface area contributed by atoms with E-state index in [1.165, 1.54) is 0 Å². The van der Waals surface area contributed by atoms with Crippen molar-refractivity contribution in [1.82, 2.24) is 4.90 Å². The molecule has 0 radical (unpaired) electrons. The molecule has 14 heavy (non-hydrogen) atoms. The van der Waals surface area contributed by atoms with Crippen molar-refractivity contribution in [3.8, 4) is 12.3 Å². The molecule has 1 heterocycles. The predicted molar refractivity (Wildman–Crippen MR) is 53.2 cm³/mol. The molecule has 4 nitrogen and oxygen atoms in total. The van der Waals surface area contributed by atoms with E-state index in [1.807, 2.05) is 0 Å². The fourth-order valence-electron chi connectivity index (χ4n) is 1.58. The van der Waals surface area contributed by atoms with Crippen LogP contribution in [0, 0.1) is 12.3 Å². The third-order valence-electron chi connectivity index (χ3n) is 2.42. The van der Waals surface area contributed by atoms with Crippen LogP contribution in [-0.2, 0) is 4.79 Å². The molecule has 0 saturated carbocycles. The average Bonchev–Trinajstić information content (AvgIpc) is 2.45. The van der Waals surface area contributed by atoms with E-state index in [9.17, 15) is 9.90 Å². The van der Waals surface area contributed by atoms with Crippen molar-refractivity contribution in [3.05, 3.63) is 0 Å². The summed E-state index contributed by atoms with van der Waals surface area (Å²) >= 11 is 0. The maximum absolute atomic E-state index is 11.6. The van der Waals surface area contributed by atoms with Gasteiger partial charge in [0.15, 0.2) is 0 Å². The molecule has 3 N–H and O–H groups in total. The Hall–Kier alpha value is -1.05. The predicted octanol–water partition coefficient (Wildman–Crippen LogP) is -0.680. The van der Waals surface area contributed by atoms with Crippen molar-refractivity contribution in [2.75, 3.05) is 13.1 Å². The summed E-state index contributed by atoms with van der Waals surface area (Å²) in [5.41, 5.74) is 4.81. The van der Waals surface area contributed by atoms with Crippen molar-refractivity contribution < 1.29 is 9.90 Å². The molecule has 0 aromatic heterocycles. The van der Waals surface area contributed by atoms with Crippen molar-refractivity contribution in [2.24, 2.45) is 5.73 Å². The first-order chi connectivity index (χ1) is 6.46.